The summed E-state index contributed by atoms with van der Waals surface area (Å²) in [7, 11) is 0. The van der Waals surface area contributed by atoms with Crippen LogP contribution in [0.2, 0.25) is 0 Å². The Labute approximate surface area is 170 Å². The number of piperidine rings is 1. The highest BCUT2D eigenvalue weighted by molar-refractivity contribution is 6.02. The van der Waals surface area contributed by atoms with Gasteiger partial charge in [0.2, 0.25) is 0 Å². The van der Waals surface area contributed by atoms with Crippen molar-refractivity contribution < 1.29 is 9.53 Å². The molecule has 0 saturated carbocycles. The van der Waals surface area contributed by atoms with Crippen LogP contribution in [0.4, 0.5) is 11.5 Å². The highest BCUT2D eigenvalue weighted by Gasteiger charge is 2.14. The lowest BCUT2D eigenvalue weighted by Gasteiger charge is -2.27. The molecule has 1 N–H and O–H groups in total. The van der Waals surface area contributed by atoms with E-state index in [2.05, 4.69) is 20.4 Å². The van der Waals surface area contributed by atoms with E-state index in [1.807, 2.05) is 60.7 Å². The fourth-order valence-corrected chi connectivity index (χ4v) is 3.31. The summed E-state index contributed by atoms with van der Waals surface area (Å²) >= 11 is 0. The molecule has 1 saturated heterocycles. The minimum Gasteiger partial charge on any atom is -0.489 e. The van der Waals surface area contributed by atoms with Crippen molar-refractivity contribution in [1.29, 1.82) is 0 Å². The van der Waals surface area contributed by atoms with Crippen molar-refractivity contribution in [2.45, 2.75) is 25.9 Å². The summed E-state index contributed by atoms with van der Waals surface area (Å²) in [5.41, 5.74) is 2.09. The summed E-state index contributed by atoms with van der Waals surface area (Å²) in [6.45, 7) is 2.50. The zero-order valence-electron chi connectivity index (χ0n) is 16.3. The monoisotopic (exact) mass is 388 g/mol. The molecule has 1 aliphatic rings. The van der Waals surface area contributed by atoms with E-state index in [1.54, 1.807) is 6.07 Å². The second kappa shape index (κ2) is 9.19. The number of hydrogen-bond donors (Lipinski definition) is 1. The van der Waals surface area contributed by atoms with Gasteiger partial charge in [-0.05, 0) is 61.2 Å². The third kappa shape index (κ3) is 5.10. The molecule has 0 radical (unpaired) electrons. The Morgan fingerprint density at radius 3 is 2.34 bits per heavy atom. The summed E-state index contributed by atoms with van der Waals surface area (Å²) in [6.07, 6.45) is 3.62. The van der Waals surface area contributed by atoms with Gasteiger partial charge in [0.1, 0.15) is 12.4 Å². The molecule has 1 aromatic heterocycles. The summed E-state index contributed by atoms with van der Waals surface area (Å²) in [5.74, 6) is 1.30. The van der Waals surface area contributed by atoms with Gasteiger partial charge >= 0.3 is 0 Å². The second-order valence-electron chi connectivity index (χ2n) is 7.08. The maximum absolute atomic E-state index is 12.4. The Balaban J connectivity index is 1.32. The van der Waals surface area contributed by atoms with Crippen LogP contribution in [-0.4, -0.2) is 29.2 Å². The molecule has 1 fully saturated rings. The number of carbonyl (C=O) groups is 1. The molecule has 0 aliphatic carbocycles. The maximum atomic E-state index is 12.4. The van der Waals surface area contributed by atoms with Crippen LogP contribution in [0.1, 0.15) is 35.3 Å². The van der Waals surface area contributed by atoms with Crippen LogP contribution in [0, 0.1) is 0 Å². The van der Waals surface area contributed by atoms with Gasteiger partial charge in [-0.2, -0.15) is 0 Å². The number of aromatic nitrogens is 2. The lowest BCUT2D eigenvalue weighted by Crippen LogP contribution is -2.30. The Bertz CT molecular complexity index is 921. The third-order valence-electron chi connectivity index (χ3n) is 4.92. The molecule has 148 valence electrons. The molecule has 6 heteroatoms. The van der Waals surface area contributed by atoms with Crippen LogP contribution in [-0.2, 0) is 6.61 Å². The first-order valence-electron chi connectivity index (χ1n) is 9.95. The molecule has 0 spiro atoms. The average Bonchev–Trinajstić information content (AvgIpc) is 2.80. The van der Waals surface area contributed by atoms with Gasteiger partial charge < -0.3 is 15.0 Å². The summed E-state index contributed by atoms with van der Waals surface area (Å²) in [5, 5.41) is 11.2. The van der Waals surface area contributed by atoms with Crippen molar-refractivity contribution >= 4 is 17.4 Å². The first-order chi connectivity index (χ1) is 14.3. The smallest absolute Gasteiger partial charge is 0.276 e. The van der Waals surface area contributed by atoms with Gasteiger partial charge in [-0.25, -0.2) is 0 Å². The van der Waals surface area contributed by atoms with Crippen molar-refractivity contribution in [1.82, 2.24) is 10.2 Å². The summed E-state index contributed by atoms with van der Waals surface area (Å²) in [4.78, 5) is 14.7. The summed E-state index contributed by atoms with van der Waals surface area (Å²) in [6, 6.07) is 20.9. The zero-order valence-corrected chi connectivity index (χ0v) is 16.3. The highest BCUT2D eigenvalue weighted by Crippen LogP contribution is 2.19. The normalized spacial score (nSPS) is 13.7. The van der Waals surface area contributed by atoms with Crippen LogP contribution in [0.5, 0.6) is 5.75 Å². The van der Waals surface area contributed by atoms with Crippen LogP contribution in [0.3, 0.4) is 0 Å². The molecule has 2 aromatic carbocycles. The standard InChI is InChI=1S/C23H24N4O2/c28-23(21-13-14-22(26-25-21)27-15-5-2-6-16-27)24-19-9-11-20(12-10-19)29-17-18-7-3-1-4-8-18/h1,3-4,7-14H,2,5-6,15-17H2,(H,24,28). The molecule has 1 amide bonds. The number of benzene rings is 2. The van der Waals surface area contributed by atoms with Gasteiger partial charge in [0.15, 0.2) is 11.5 Å². The molecular formula is C23H24N4O2. The van der Waals surface area contributed by atoms with Gasteiger partial charge in [-0.1, -0.05) is 30.3 Å². The predicted molar refractivity (Wildman–Crippen MR) is 113 cm³/mol. The van der Waals surface area contributed by atoms with Crippen molar-refractivity contribution in [3.63, 3.8) is 0 Å². The maximum Gasteiger partial charge on any atom is 0.276 e. The molecule has 2 heterocycles. The van der Waals surface area contributed by atoms with Gasteiger partial charge in [0, 0.05) is 18.8 Å². The van der Waals surface area contributed by atoms with Crippen LogP contribution in [0.15, 0.2) is 66.7 Å². The number of ether oxygens (including phenoxy) is 1. The molecule has 0 bridgehead atoms. The molecule has 0 atom stereocenters. The van der Waals surface area contributed by atoms with Crippen LogP contribution in [0.25, 0.3) is 0 Å². The van der Waals surface area contributed by atoms with E-state index in [0.29, 0.717) is 18.0 Å². The van der Waals surface area contributed by atoms with Gasteiger partial charge in [-0.3, -0.25) is 4.79 Å². The Kier molecular flexibility index (Phi) is 6.00. The first kappa shape index (κ1) is 18.9. The van der Waals surface area contributed by atoms with E-state index in [1.165, 1.54) is 19.3 Å². The predicted octanol–water partition coefficient (Wildman–Crippen LogP) is 4.30. The quantitative estimate of drug-likeness (QED) is 0.682. The zero-order chi connectivity index (χ0) is 19.9. The lowest BCUT2D eigenvalue weighted by molar-refractivity contribution is 0.102. The molecule has 4 rings (SSSR count). The van der Waals surface area contributed by atoms with E-state index < -0.39 is 0 Å². The van der Waals surface area contributed by atoms with Crippen molar-refractivity contribution in [2.24, 2.45) is 0 Å². The second-order valence-corrected chi connectivity index (χ2v) is 7.08. The number of nitrogens with one attached hydrogen (secondary N) is 1. The minimum atomic E-state index is -0.277. The number of rotatable bonds is 6. The highest BCUT2D eigenvalue weighted by atomic mass is 16.5. The average molecular weight is 388 g/mol. The number of amides is 1. The Morgan fingerprint density at radius 1 is 0.897 bits per heavy atom. The molecular weight excluding hydrogens is 364 g/mol. The molecule has 3 aromatic rings. The first-order valence-corrected chi connectivity index (χ1v) is 9.95. The SMILES string of the molecule is O=C(Nc1ccc(OCc2ccccc2)cc1)c1ccc(N2CCCCC2)nn1. The number of hydrogen-bond acceptors (Lipinski definition) is 5. The number of nitrogens with zero attached hydrogens (tertiary/aromatic N) is 3. The number of carbonyl (C=O) groups excluding carboxylic acids is 1. The largest absolute Gasteiger partial charge is 0.489 e. The fourth-order valence-electron chi connectivity index (χ4n) is 3.31. The van der Waals surface area contributed by atoms with Gasteiger partial charge in [0.05, 0.1) is 0 Å². The minimum absolute atomic E-state index is 0.277. The fraction of sp³-hybridized carbons (Fsp3) is 0.261. The van der Waals surface area contributed by atoms with E-state index in [4.69, 9.17) is 4.74 Å². The van der Waals surface area contributed by atoms with E-state index in [9.17, 15) is 4.79 Å². The van der Waals surface area contributed by atoms with Crippen molar-refractivity contribution in [3.05, 3.63) is 78.0 Å². The van der Waals surface area contributed by atoms with Crippen molar-refractivity contribution in [3.8, 4) is 5.75 Å². The Hall–Kier alpha value is -3.41. The van der Waals surface area contributed by atoms with Crippen LogP contribution < -0.4 is 15.0 Å². The van der Waals surface area contributed by atoms with E-state index in [-0.39, 0.29) is 5.91 Å². The van der Waals surface area contributed by atoms with Gasteiger partial charge in [-0.15, -0.1) is 10.2 Å². The van der Waals surface area contributed by atoms with Crippen molar-refractivity contribution in [2.75, 3.05) is 23.3 Å². The molecule has 1 aliphatic heterocycles. The van der Waals surface area contributed by atoms with E-state index >= 15 is 0 Å². The van der Waals surface area contributed by atoms with Crippen LogP contribution >= 0.6 is 0 Å². The third-order valence-corrected chi connectivity index (χ3v) is 4.92. The van der Waals surface area contributed by atoms with E-state index in [0.717, 1.165) is 30.2 Å². The molecule has 29 heavy (non-hydrogen) atoms. The molecule has 6 nitrogen and oxygen atoms in total. The number of anilines is 2. The lowest BCUT2D eigenvalue weighted by atomic mass is 10.1. The molecule has 0 unspecified atom stereocenters. The topological polar surface area (TPSA) is 67.3 Å². The van der Waals surface area contributed by atoms with Gasteiger partial charge in [0.25, 0.3) is 5.91 Å². The Morgan fingerprint density at radius 2 is 1.66 bits per heavy atom. The summed E-state index contributed by atoms with van der Waals surface area (Å²) < 4.78 is 5.77.